The Morgan fingerprint density at radius 2 is 2.20 bits per heavy atom. The number of thiazole rings is 1. The van der Waals surface area contributed by atoms with Gasteiger partial charge in [-0.25, -0.2) is 9.50 Å². The number of fused-ring (bicyclic) bond motifs is 1. The molecule has 104 valence electrons. The van der Waals surface area contributed by atoms with Crippen molar-refractivity contribution in [3.8, 4) is 17.0 Å². The van der Waals surface area contributed by atoms with Crippen LogP contribution in [0.2, 0.25) is 0 Å². The van der Waals surface area contributed by atoms with E-state index in [2.05, 4.69) is 10.1 Å². The van der Waals surface area contributed by atoms with Crippen molar-refractivity contribution in [1.82, 2.24) is 14.6 Å². The molecule has 0 aliphatic rings. The zero-order valence-corrected chi connectivity index (χ0v) is 11.8. The third kappa shape index (κ3) is 2.05. The number of hydrogen-bond acceptors (Lipinski definition) is 6. The summed E-state index contributed by atoms with van der Waals surface area (Å²) >= 11 is 1.37. The van der Waals surface area contributed by atoms with Gasteiger partial charge < -0.3 is 4.74 Å². The Morgan fingerprint density at radius 3 is 2.90 bits per heavy atom. The van der Waals surface area contributed by atoms with Crippen LogP contribution in [0.5, 0.6) is 5.75 Å². The summed E-state index contributed by atoms with van der Waals surface area (Å²) in [5.41, 5.74) is 1.16. The van der Waals surface area contributed by atoms with Gasteiger partial charge in [-0.2, -0.15) is 13.5 Å². The maximum absolute atomic E-state index is 11.3. The van der Waals surface area contributed by atoms with E-state index in [0.29, 0.717) is 22.0 Å². The van der Waals surface area contributed by atoms with Crippen molar-refractivity contribution in [3.63, 3.8) is 0 Å². The van der Waals surface area contributed by atoms with Crippen LogP contribution >= 0.6 is 11.3 Å². The third-order valence-corrected chi connectivity index (χ3v) is 4.45. The first-order valence-corrected chi connectivity index (χ1v) is 7.76. The molecular formula is C11H9N3O4S2. The summed E-state index contributed by atoms with van der Waals surface area (Å²) in [5.74, 6) is 0.479. The van der Waals surface area contributed by atoms with Crippen molar-refractivity contribution in [2.45, 2.75) is 4.90 Å². The van der Waals surface area contributed by atoms with Gasteiger partial charge in [0, 0.05) is 10.9 Å². The number of ether oxygens (including phenoxy) is 1. The molecule has 3 rings (SSSR count). The van der Waals surface area contributed by atoms with Crippen LogP contribution in [0.25, 0.3) is 16.2 Å². The molecule has 20 heavy (non-hydrogen) atoms. The molecule has 0 aliphatic carbocycles. The van der Waals surface area contributed by atoms with Crippen LogP contribution in [-0.4, -0.2) is 34.7 Å². The Bertz CT molecular complexity index is 882. The van der Waals surface area contributed by atoms with E-state index in [0.717, 1.165) is 0 Å². The molecule has 2 aromatic heterocycles. The third-order valence-electron chi connectivity index (χ3n) is 2.77. The van der Waals surface area contributed by atoms with Crippen molar-refractivity contribution in [2.24, 2.45) is 0 Å². The predicted molar refractivity (Wildman–Crippen MR) is 72.7 cm³/mol. The van der Waals surface area contributed by atoms with Gasteiger partial charge in [0.2, 0.25) is 4.96 Å². The summed E-state index contributed by atoms with van der Waals surface area (Å²) in [7, 11) is -2.80. The number of nitrogens with zero attached hydrogens (tertiary/aromatic N) is 3. The Morgan fingerprint density at radius 1 is 1.40 bits per heavy atom. The van der Waals surface area contributed by atoms with E-state index >= 15 is 0 Å². The van der Waals surface area contributed by atoms with Crippen LogP contribution in [0, 0.1) is 0 Å². The highest BCUT2D eigenvalue weighted by Crippen LogP contribution is 2.34. The van der Waals surface area contributed by atoms with E-state index < -0.39 is 10.1 Å². The van der Waals surface area contributed by atoms with Gasteiger partial charge >= 0.3 is 0 Å². The molecule has 9 heteroatoms. The highest BCUT2D eigenvalue weighted by molar-refractivity contribution is 7.85. The van der Waals surface area contributed by atoms with E-state index in [-0.39, 0.29) is 4.90 Å². The lowest BCUT2D eigenvalue weighted by molar-refractivity contribution is 0.415. The average molecular weight is 311 g/mol. The maximum atomic E-state index is 11.3. The Labute approximate surface area is 118 Å². The molecule has 7 nitrogen and oxygen atoms in total. The first-order valence-electron chi connectivity index (χ1n) is 5.44. The summed E-state index contributed by atoms with van der Waals surface area (Å²) in [5, 5.41) is 5.86. The lowest BCUT2D eigenvalue weighted by atomic mass is 10.1. The lowest BCUT2D eigenvalue weighted by Gasteiger charge is -2.08. The second-order valence-corrected chi connectivity index (χ2v) is 6.17. The molecular weight excluding hydrogens is 302 g/mol. The fraction of sp³-hybridized carbons (Fsp3) is 0.0909. The zero-order chi connectivity index (χ0) is 14.3. The zero-order valence-electron chi connectivity index (χ0n) is 10.2. The van der Waals surface area contributed by atoms with E-state index in [1.165, 1.54) is 43.0 Å². The average Bonchev–Trinajstić information content (AvgIpc) is 2.99. The molecule has 0 bridgehead atoms. The second-order valence-electron chi connectivity index (χ2n) is 3.91. The van der Waals surface area contributed by atoms with E-state index in [4.69, 9.17) is 9.29 Å². The largest absolute Gasteiger partial charge is 0.496 e. The monoisotopic (exact) mass is 311 g/mol. The highest BCUT2D eigenvalue weighted by atomic mass is 32.2. The molecule has 0 aliphatic heterocycles. The van der Waals surface area contributed by atoms with Crippen molar-refractivity contribution >= 4 is 26.4 Å². The van der Waals surface area contributed by atoms with Gasteiger partial charge in [-0.15, -0.1) is 11.3 Å². The number of rotatable bonds is 3. The fourth-order valence-electron chi connectivity index (χ4n) is 1.86. The number of benzene rings is 1. The van der Waals surface area contributed by atoms with Crippen LogP contribution in [0.3, 0.4) is 0 Å². The summed E-state index contributed by atoms with van der Waals surface area (Å²) in [4.78, 5) is 4.53. The van der Waals surface area contributed by atoms with E-state index in [1.807, 2.05) is 0 Å². The van der Waals surface area contributed by atoms with Gasteiger partial charge in [-0.05, 0) is 18.2 Å². The van der Waals surface area contributed by atoms with Gasteiger partial charge in [-0.1, -0.05) is 0 Å². The predicted octanol–water partition coefficient (Wildman–Crippen LogP) is 1.71. The molecule has 0 unspecified atom stereocenters. The first kappa shape index (κ1) is 13.0. The molecule has 1 aromatic carbocycles. The Hall–Kier alpha value is -1.97. The van der Waals surface area contributed by atoms with Crippen LogP contribution < -0.4 is 4.74 Å². The Balaban J connectivity index is 2.29. The van der Waals surface area contributed by atoms with Gasteiger partial charge in [-0.3, -0.25) is 4.55 Å². The highest BCUT2D eigenvalue weighted by Gasteiger charge is 2.17. The summed E-state index contributed by atoms with van der Waals surface area (Å²) < 4.78 is 38.5. The SMILES string of the molecule is COc1ccc(S(=O)(=O)O)cc1-c1csc2ncnn12. The Kier molecular flexibility index (Phi) is 2.96. The standard InChI is InChI=1S/C11H9N3O4S2/c1-18-10-3-2-7(20(15,16)17)4-8(10)9-5-19-11-12-6-13-14(9)11/h2-6H,1H3,(H,15,16,17). The van der Waals surface area contributed by atoms with Gasteiger partial charge in [0.05, 0.1) is 17.7 Å². The van der Waals surface area contributed by atoms with Crippen LogP contribution in [0.15, 0.2) is 34.8 Å². The maximum Gasteiger partial charge on any atom is 0.294 e. The van der Waals surface area contributed by atoms with Crippen molar-refractivity contribution in [3.05, 3.63) is 29.9 Å². The molecule has 0 saturated carbocycles. The minimum absolute atomic E-state index is 0.201. The van der Waals surface area contributed by atoms with Crippen LogP contribution in [0.1, 0.15) is 0 Å². The molecule has 1 N–H and O–H groups in total. The summed E-state index contributed by atoms with van der Waals surface area (Å²) in [6.07, 6.45) is 1.41. The van der Waals surface area contributed by atoms with Gasteiger partial charge in [0.15, 0.2) is 0 Å². The minimum atomic E-state index is -4.28. The molecule has 0 atom stereocenters. The van der Waals surface area contributed by atoms with Crippen molar-refractivity contribution in [2.75, 3.05) is 7.11 Å². The molecule has 2 heterocycles. The van der Waals surface area contributed by atoms with E-state index in [9.17, 15) is 8.42 Å². The lowest BCUT2D eigenvalue weighted by Crippen LogP contribution is -2.00. The normalized spacial score (nSPS) is 11.9. The van der Waals surface area contributed by atoms with Crippen molar-refractivity contribution < 1.29 is 17.7 Å². The van der Waals surface area contributed by atoms with Crippen molar-refractivity contribution in [1.29, 1.82) is 0 Å². The van der Waals surface area contributed by atoms with E-state index in [1.54, 1.807) is 9.90 Å². The van der Waals surface area contributed by atoms with Gasteiger partial charge in [0.1, 0.15) is 12.1 Å². The molecule has 0 amide bonds. The molecule has 0 spiro atoms. The number of hydrogen-bond donors (Lipinski definition) is 1. The minimum Gasteiger partial charge on any atom is -0.496 e. The smallest absolute Gasteiger partial charge is 0.294 e. The molecule has 3 aromatic rings. The number of aromatic nitrogens is 3. The summed E-state index contributed by atoms with van der Waals surface area (Å²) in [6, 6.07) is 4.11. The first-order chi connectivity index (χ1) is 9.50. The fourth-order valence-corrected chi connectivity index (χ4v) is 3.16. The van der Waals surface area contributed by atoms with Crippen LogP contribution in [0.4, 0.5) is 0 Å². The van der Waals surface area contributed by atoms with Gasteiger partial charge in [0.25, 0.3) is 10.1 Å². The molecule has 0 radical (unpaired) electrons. The topological polar surface area (TPSA) is 93.8 Å². The number of methoxy groups -OCH3 is 1. The quantitative estimate of drug-likeness (QED) is 0.740. The molecule has 0 fully saturated rings. The van der Waals surface area contributed by atoms with Crippen LogP contribution in [-0.2, 0) is 10.1 Å². The summed E-state index contributed by atoms with van der Waals surface area (Å²) in [6.45, 7) is 0. The molecule has 0 saturated heterocycles. The second kappa shape index (κ2) is 4.54.